The number of piperidine rings is 1. The van der Waals surface area contributed by atoms with E-state index in [0.29, 0.717) is 6.04 Å². The molecule has 1 saturated heterocycles. The fourth-order valence-electron chi connectivity index (χ4n) is 2.88. The lowest BCUT2D eigenvalue weighted by molar-refractivity contribution is 0.223. The second kappa shape index (κ2) is 8.31. The molecule has 2 rings (SSSR count). The Bertz CT molecular complexity index is 489. The van der Waals surface area contributed by atoms with Crippen molar-refractivity contribution in [3.63, 3.8) is 0 Å². The molecule has 3 nitrogen and oxygen atoms in total. The van der Waals surface area contributed by atoms with Crippen LogP contribution in [0.1, 0.15) is 38.7 Å². The van der Waals surface area contributed by atoms with Crippen molar-refractivity contribution in [3.8, 4) is 6.07 Å². The summed E-state index contributed by atoms with van der Waals surface area (Å²) in [6.45, 7) is 7.79. The van der Waals surface area contributed by atoms with Gasteiger partial charge in [0.2, 0.25) is 0 Å². The summed E-state index contributed by atoms with van der Waals surface area (Å²) in [5, 5.41) is 13.0. The van der Waals surface area contributed by atoms with E-state index in [0.717, 1.165) is 28.4 Å². The molecule has 0 aliphatic carbocycles. The molecule has 0 amide bonds. The molecular formula is C17H25N3S. The molecule has 1 unspecified atom stereocenters. The summed E-state index contributed by atoms with van der Waals surface area (Å²) in [7, 11) is 0. The summed E-state index contributed by atoms with van der Waals surface area (Å²) in [5.41, 5.74) is 1.76. The third-order valence-electron chi connectivity index (χ3n) is 3.82. The number of benzene rings is 1. The molecule has 1 aliphatic heterocycles. The zero-order valence-corrected chi connectivity index (χ0v) is 13.9. The van der Waals surface area contributed by atoms with Crippen LogP contribution in [0.25, 0.3) is 0 Å². The monoisotopic (exact) mass is 303 g/mol. The van der Waals surface area contributed by atoms with E-state index in [1.807, 2.05) is 18.2 Å². The highest BCUT2D eigenvalue weighted by atomic mass is 32.2. The predicted molar refractivity (Wildman–Crippen MR) is 90.9 cm³/mol. The molecule has 1 aromatic rings. The molecule has 0 spiro atoms. The van der Waals surface area contributed by atoms with Gasteiger partial charge in [-0.05, 0) is 50.7 Å². The molecule has 1 aliphatic rings. The third kappa shape index (κ3) is 4.66. The van der Waals surface area contributed by atoms with E-state index >= 15 is 0 Å². The summed E-state index contributed by atoms with van der Waals surface area (Å²) in [5.74, 6) is 0.988. The molecule has 0 radical (unpaired) electrons. The first-order valence-electron chi connectivity index (χ1n) is 7.89. The maximum absolute atomic E-state index is 9.45. The summed E-state index contributed by atoms with van der Waals surface area (Å²) < 4.78 is 0. The number of likely N-dealkylation sites (tertiary alicyclic amines) is 1. The van der Waals surface area contributed by atoms with Gasteiger partial charge in [-0.15, -0.1) is 11.8 Å². The average Bonchev–Trinajstić information content (AvgIpc) is 2.49. The van der Waals surface area contributed by atoms with Crippen molar-refractivity contribution in [1.29, 1.82) is 5.26 Å². The summed E-state index contributed by atoms with van der Waals surface area (Å²) in [6.07, 6.45) is 4.00. The fraction of sp³-hybridized carbons (Fsp3) is 0.588. The van der Waals surface area contributed by atoms with Gasteiger partial charge in [-0.3, -0.25) is 0 Å². The van der Waals surface area contributed by atoms with Crippen LogP contribution in [0.15, 0.2) is 23.1 Å². The van der Waals surface area contributed by atoms with Crippen molar-refractivity contribution < 1.29 is 0 Å². The van der Waals surface area contributed by atoms with E-state index in [1.54, 1.807) is 11.8 Å². The van der Waals surface area contributed by atoms with Crippen molar-refractivity contribution in [1.82, 2.24) is 4.90 Å². The largest absolute Gasteiger partial charge is 0.380 e. The zero-order chi connectivity index (χ0) is 15.1. The van der Waals surface area contributed by atoms with Crippen LogP contribution in [0.4, 0.5) is 5.69 Å². The smallest absolute Gasteiger partial charge is 0.102 e. The number of rotatable bonds is 6. The number of anilines is 1. The predicted octanol–water partition coefficient (Wildman–Crippen LogP) is 3.96. The van der Waals surface area contributed by atoms with Crippen molar-refractivity contribution in [2.24, 2.45) is 0 Å². The maximum Gasteiger partial charge on any atom is 0.102 e. The number of hydrogen-bond acceptors (Lipinski definition) is 4. The summed E-state index contributed by atoms with van der Waals surface area (Å²) in [6, 6.07) is 8.81. The van der Waals surface area contributed by atoms with Crippen LogP contribution in [0.3, 0.4) is 0 Å². The normalized spacial score (nSPS) is 17.2. The first-order valence-corrected chi connectivity index (χ1v) is 8.88. The molecule has 0 saturated carbocycles. The van der Waals surface area contributed by atoms with Crippen molar-refractivity contribution in [3.05, 3.63) is 23.8 Å². The van der Waals surface area contributed by atoms with E-state index in [2.05, 4.69) is 30.1 Å². The van der Waals surface area contributed by atoms with Gasteiger partial charge in [0.1, 0.15) is 6.07 Å². The van der Waals surface area contributed by atoms with Gasteiger partial charge >= 0.3 is 0 Å². The van der Waals surface area contributed by atoms with Crippen LogP contribution in [0, 0.1) is 11.3 Å². The number of nitrogens with zero attached hydrogens (tertiary/aromatic N) is 2. The Hall–Kier alpha value is -1.18. The summed E-state index contributed by atoms with van der Waals surface area (Å²) >= 11 is 1.73. The lowest BCUT2D eigenvalue weighted by Gasteiger charge is -2.30. The fourth-order valence-corrected chi connectivity index (χ4v) is 3.67. The highest BCUT2D eigenvalue weighted by Crippen LogP contribution is 2.28. The van der Waals surface area contributed by atoms with E-state index in [9.17, 15) is 5.26 Å². The van der Waals surface area contributed by atoms with Crippen LogP contribution in [-0.4, -0.2) is 36.3 Å². The zero-order valence-electron chi connectivity index (χ0n) is 13.1. The lowest BCUT2D eigenvalue weighted by Crippen LogP contribution is -2.38. The minimum absolute atomic E-state index is 0.358. The first-order chi connectivity index (χ1) is 10.2. The minimum atomic E-state index is 0.358. The highest BCUT2D eigenvalue weighted by molar-refractivity contribution is 7.99. The van der Waals surface area contributed by atoms with Gasteiger partial charge in [0.15, 0.2) is 0 Å². The van der Waals surface area contributed by atoms with E-state index < -0.39 is 0 Å². The quantitative estimate of drug-likeness (QED) is 0.808. The summed E-state index contributed by atoms with van der Waals surface area (Å²) in [4.78, 5) is 3.60. The molecule has 1 aromatic carbocycles. The standard InChI is InChI=1S/C17H25N3S/c1-3-21-17-9-7-8-16(15(17)12-18)19-14(2)13-20-10-5-4-6-11-20/h7-9,14,19H,3-6,10-11,13H2,1-2H3. The lowest BCUT2D eigenvalue weighted by atomic mass is 10.1. The van der Waals surface area contributed by atoms with E-state index in [-0.39, 0.29) is 0 Å². The molecular weight excluding hydrogens is 278 g/mol. The Kier molecular flexibility index (Phi) is 6.41. The second-order valence-electron chi connectivity index (χ2n) is 5.63. The Labute approximate surface area is 132 Å². The number of hydrogen-bond donors (Lipinski definition) is 1. The molecule has 1 heterocycles. The Morgan fingerprint density at radius 2 is 2.10 bits per heavy atom. The van der Waals surface area contributed by atoms with Gasteiger partial charge in [-0.25, -0.2) is 0 Å². The minimum Gasteiger partial charge on any atom is -0.380 e. The average molecular weight is 303 g/mol. The van der Waals surface area contributed by atoms with Crippen LogP contribution in [-0.2, 0) is 0 Å². The van der Waals surface area contributed by atoms with Gasteiger partial charge in [-0.2, -0.15) is 5.26 Å². The SMILES string of the molecule is CCSc1cccc(NC(C)CN2CCCCC2)c1C#N. The maximum atomic E-state index is 9.45. The van der Waals surface area contributed by atoms with Crippen molar-refractivity contribution >= 4 is 17.4 Å². The van der Waals surface area contributed by atoms with E-state index in [1.165, 1.54) is 32.4 Å². The molecule has 4 heteroatoms. The third-order valence-corrected chi connectivity index (χ3v) is 4.76. The van der Waals surface area contributed by atoms with Gasteiger partial charge < -0.3 is 10.2 Å². The van der Waals surface area contributed by atoms with E-state index in [4.69, 9.17) is 0 Å². The van der Waals surface area contributed by atoms with Crippen LogP contribution in [0.2, 0.25) is 0 Å². The van der Waals surface area contributed by atoms with Crippen LogP contribution in [0.5, 0.6) is 0 Å². The number of nitriles is 1. The molecule has 0 bridgehead atoms. The highest BCUT2D eigenvalue weighted by Gasteiger charge is 2.15. The van der Waals surface area contributed by atoms with Crippen LogP contribution < -0.4 is 5.32 Å². The topological polar surface area (TPSA) is 39.1 Å². The molecule has 21 heavy (non-hydrogen) atoms. The Morgan fingerprint density at radius 1 is 1.33 bits per heavy atom. The number of thioether (sulfide) groups is 1. The molecule has 1 atom stereocenters. The molecule has 1 N–H and O–H groups in total. The van der Waals surface area contributed by atoms with Crippen LogP contribution >= 0.6 is 11.8 Å². The second-order valence-corrected chi connectivity index (χ2v) is 6.94. The van der Waals surface area contributed by atoms with Gasteiger partial charge in [-0.1, -0.05) is 19.4 Å². The van der Waals surface area contributed by atoms with Gasteiger partial charge in [0.05, 0.1) is 11.3 Å². The van der Waals surface area contributed by atoms with Crippen molar-refractivity contribution in [2.45, 2.75) is 44.0 Å². The molecule has 114 valence electrons. The van der Waals surface area contributed by atoms with Crippen molar-refractivity contribution in [2.75, 3.05) is 30.7 Å². The molecule has 0 aromatic heterocycles. The Morgan fingerprint density at radius 3 is 2.76 bits per heavy atom. The molecule has 1 fully saturated rings. The Balaban J connectivity index is 2.01. The number of nitrogens with one attached hydrogen (secondary N) is 1. The first kappa shape index (κ1) is 16.2. The van der Waals surface area contributed by atoms with Gasteiger partial charge in [0.25, 0.3) is 0 Å². The van der Waals surface area contributed by atoms with Gasteiger partial charge in [0, 0.05) is 17.5 Å².